The minimum Gasteiger partial charge on any atom is -0.397 e. The van der Waals surface area contributed by atoms with Gasteiger partial charge in [0.1, 0.15) is 5.35 Å². The number of aromatic nitrogens is 2. The predicted molar refractivity (Wildman–Crippen MR) is 132 cm³/mol. The number of rotatable bonds is 9. The molecule has 0 spiro atoms. The van der Waals surface area contributed by atoms with Gasteiger partial charge in [-0.3, -0.25) is 4.79 Å². The molecular formula is C23H26ClN7O2. The van der Waals surface area contributed by atoms with E-state index in [1.807, 2.05) is 28.8 Å². The molecule has 0 saturated carbocycles. The number of halogens is 1. The molecule has 1 aromatic heterocycles. The highest BCUT2D eigenvalue weighted by atomic mass is 35.5. The third-order valence-electron chi connectivity index (χ3n) is 4.81. The maximum Gasteiger partial charge on any atom is 0.255 e. The molecule has 0 radical (unpaired) electrons. The summed E-state index contributed by atoms with van der Waals surface area (Å²) in [6.07, 6.45) is 1.66. The third kappa shape index (κ3) is 6.34. The standard InChI is InChI=1S/C23H26ClN7O2/c1-15-20(28-14-31(15)11-12-33-2)21(30-23(24)26)27-13-16-7-9-17(10-8-16)22(32)29-19-6-4-3-5-18(19)25/h3-10,14,27H,1,11-13,25H2,2H3,(H2,26,30)(H,29,32)/b21-20+. The summed E-state index contributed by atoms with van der Waals surface area (Å²) < 4.78 is 6.96. The Morgan fingerprint density at radius 3 is 2.64 bits per heavy atom. The zero-order valence-corrected chi connectivity index (χ0v) is 19.0. The van der Waals surface area contributed by atoms with Gasteiger partial charge in [-0.05, 0) is 41.4 Å². The topological polar surface area (TPSA) is 133 Å². The van der Waals surface area contributed by atoms with Crippen molar-refractivity contribution in [1.29, 1.82) is 0 Å². The summed E-state index contributed by atoms with van der Waals surface area (Å²) in [5.74, 6) is 0.146. The van der Waals surface area contributed by atoms with E-state index >= 15 is 0 Å². The van der Waals surface area contributed by atoms with E-state index < -0.39 is 0 Å². The highest BCUT2D eigenvalue weighted by molar-refractivity contribution is 6.64. The van der Waals surface area contributed by atoms with E-state index in [-0.39, 0.29) is 11.2 Å². The number of nitrogens with two attached hydrogens (primary N) is 2. The molecule has 0 aliphatic heterocycles. The van der Waals surface area contributed by atoms with Crippen molar-refractivity contribution >= 4 is 46.6 Å². The molecule has 0 fully saturated rings. The van der Waals surface area contributed by atoms with Gasteiger partial charge in [-0.15, -0.1) is 0 Å². The monoisotopic (exact) mass is 467 g/mol. The number of benzene rings is 2. The van der Waals surface area contributed by atoms with Crippen LogP contribution in [0.3, 0.4) is 0 Å². The summed E-state index contributed by atoms with van der Waals surface area (Å²) in [6.45, 7) is 5.60. The van der Waals surface area contributed by atoms with Gasteiger partial charge in [0.05, 0.1) is 29.7 Å². The summed E-state index contributed by atoms with van der Waals surface area (Å²) in [5.41, 5.74) is 14.0. The number of methoxy groups -OCH3 is 1. The Morgan fingerprint density at radius 2 is 1.97 bits per heavy atom. The molecule has 3 aromatic rings. The average molecular weight is 468 g/mol. The van der Waals surface area contributed by atoms with Crippen molar-refractivity contribution in [2.45, 2.75) is 13.1 Å². The fourth-order valence-corrected chi connectivity index (χ4v) is 3.12. The maximum atomic E-state index is 12.5. The molecule has 33 heavy (non-hydrogen) atoms. The normalized spacial score (nSPS) is 12.4. The van der Waals surface area contributed by atoms with Gasteiger partial charge < -0.3 is 31.4 Å². The first-order valence-corrected chi connectivity index (χ1v) is 10.5. The van der Waals surface area contributed by atoms with Crippen LogP contribution in [0, 0.1) is 0 Å². The highest BCUT2D eigenvalue weighted by Crippen LogP contribution is 2.18. The molecule has 1 amide bonds. The molecule has 0 bridgehead atoms. The number of para-hydroxylation sites is 2. The molecular weight excluding hydrogens is 442 g/mol. The number of hydrogen-bond donors (Lipinski definition) is 4. The second-order valence-electron chi connectivity index (χ2n) is 7.10. The SMILES string of the molecule is C=c1/c(=C(\N=C(/N)Cl)NCc2ccc(C(=O)Nc3ccccc3N)cc2)ncn1CCOC. The average Bonchev–Trinajstić information content (AvgIpc) is 3.17. The van der Waals surface area contributed by atoms with Crippen LogP contribution in [-0.2, 0) is 17.8 Å². The number of hydrogen-bond acceptors (Lipinski definition) is 6. The number of amidine groups is 1. The molecule has 2 aromatic carbocycles. The van der Waals surface area contributed by atoms with Gasteiger partial charge in [-0.2, -0.15) is 0 Å². The van der Waals surface area contributed by atoms with Gasteiger partial charge in [0.25, 0.3) is 5.91 Å². The lowest BCUT2D eigenvalue weighted by molar-refractivity contribution is 0.102. The number of ether oxygens (including phenoxy) is 1. The largest absolute Gasteiger partial charge is 0.397 e. The van der Waals surface area contributed by atoms with Gasteiger partial charge in [-0.1, -0.05) is 30.8 Å². The van der Waals surface area contributed by atoms with Gasteiger partial charge in [0.15, 0.2) is 11.1 Å². The number of nitrogen functional groups attached to an aromatic ring is 1. The van der Waals surface area contributed by atoms with Gasteiger partial charge >= 0.3 is 0 Å². The molecule has 172 valence electrons. The number of carbonyl (C=O) groups is 1. The summed E-state index contributed by atoms with van der Waals surface area (Å²) in [5, 5.41) is 7.06. The summed E-state index contributed by atoms with van der Waals surface area (Å²) in [7, 11) is 1.63. The second-order valence-corrected chi connectivity index (χ2v) is 7.49. The third-order valence-corrected chi connectivity index (χ3v) is 4.90. The highest BCUT2D eigenvalue weighted by Gasteiger charge is 2.09. The van der Waals surface area contributed by atoms with Crippen LogP contribution in [0.15, 0.2) is 59.9 Å². The van der Waals surface area contributed by atoms with Crippen molar-refractivity contribution in [3.63, 3.8) is 0 Å². The van der Waals surface area contributed by atoms with Crippen molar-refractivity contribution in [3.05, 3.63) is 76.7 Å². The van der Waals surface area contributed by atoms with E-state index in [0.717, 1.165) is 5.56 Å². The fraction of sp³-hybridized carbons (Fsp3) is 0.174. The quantitative estimate of drug-likeness (QED) is 0.162. The number of aliphatic imine (C=N–C) groups is 1. The fourth-order valence-electron chi connectivity index (χ4n) is 3.04. The van der Waals surface area contributed by atoms with Crippen molar-refractivity contribution < 1.29 is 9.53 Å². The maximum absolute atomic E-state index is 12.5. The van der Waals surface area contributed by atoms with Crippen LogP contribution < -0.4 is 32.8 Å². The number of anilines is 2. The predicted octanol–water partition coefficient (Wildman–Crippen LogP) is 1.18. The van der Waals surface area contributed by atoms with E-state index in [2.05, 4.69) is 27.2 Å². The Morgan fingerprint density at radius 1 is 1.24 bits per heavy atom. The molecule has 0 aliphatic carbocycles. The van der Waals surface area contributed by atoms with E-state index in [1.54, 1.807) is 37.7 Å². The van der Waals surface area contributed by atoms with Crippen molar-refractivity contribution in [1.82, 2.24) is 14.9 Å². The first kappa shape index (κ1) is 23.8. The molecule has 0 saturated heterocycles. The Hall–Kier alpha value is -3.82. The molecule has 10 heteroatoms. The Balaban J connectivity index is 1.74. The summed E-state index contributed by atoms with van der Waals surface area (Å²) in [6, 6.07) is 14.2. The lowest BCUT2D eigenvalue weighted by atomic mass is 10.1. The van der Waals surface area contributed by atoms with E-state index in [1.165, 1.54) is 0 Å². The van der Waals surface area contributed by atoms with Gasteiger partial charge in [-0.25, -0.2) is 9.98 Å². The van der Waals surface area contributed by atoms with Crippen LogP contribution in [0.2, 0.25) is 0 Å². The number of carbonyl (C=O) groups excluding carboxylic acids is 1. The van der Waals surface area contributed by atoms with Gasteiger partial charge in [0.2, 0.25) is 0 Å². The second kappa shape index (κ2) is 11.2. The number of nitrogens with zero attached hydrogens (tertiary/aromatic N) is 3. The molecule has 6 N–H and O–H groups in total. The lowest BCUT2D eigenvalue weighted by Crippen LogP contribution is -2.35. The molecule has 9 nitrogen and oxygen atoms in total. The summed E-state index contributed by atoms with van der Waals surface area (Å²) >= 11 is 5.82. The van der Waals surface area contributed by atoms with E-state index in [4.69, 9.17) is 27.8 Å². The van der Waals surface area contributed by atoms with Crippen LogP contribution >= 0.6 is 11.6 Å². The van der Waals surface area contributed by atoms with Crippen molar-refractivity contribution in [2.24, 2.45) is 10.7 Å². The van der Waals surface area contributed by atoms with E-state index in [0.29, 0.717) is 53.2 Å². The molecule has 0 atom stereocenters. The van der Waals surface area contributed by atoms with Gasteiger partial charge in [0, 0.05) is 25.8 Å². The van der Waals surface area contributed by atoms with Crippen LogP contribution in [-0.4, -0.2) is 34.5 Å². The van der Waals surface area contributed by atoms with E-state index in [9.17, 15) is 4.79 Å². The number of amides is 1. The molecule has 3 rings (SSSR count). The summed E-state index contributed by atoms with van der Waals surface area (Å²) in [4.78, 5) is 21.0. The Labute approximate surface area is 196 Å². The first-order valence-electron chi connectivity index (χ1n) is 10.1. The Kier molecular flexibility index (Phi) is 8.06. The molecule has 0 aliphatic rings. The zero-order valence-electron chi connectivity index (χ0n) is 18.2. The smallest absolute Gasteiger partial charge is 0.255 e. The van der Waals surface area contributed by atoms with Crippen LogP contribution in [0.25, 0.3) is 12.4 Å². The number of nitrogens with one attached hydrogen (secondary N) is 2. The van der Waals surface area contributed by atoms with Crippen LogP contribution in [0.5, 0.6) is 0 Å². The Bertz CT molecular complexity index is 1250. The molecule has 0 unspecified atom stereocenters. The van der Waals surface area contributed by atoms with Crippen LogP contribution in [0.4, 0.5) is 11.4 Å². The molecule has 1 heterocycles. The lowest BCUT2D eigenvalue weighted by Gasteiger charge is -2.09. The minimum absolute atomic E-state index is 0.129. The minimum atomic E-state index is -0.248. The zero-order chi connectivity index (χ0) is 23.8. The van der Waals surface area contributed by atoms with Crippen molar-refractivity contribution in [2.75, 3.05) is 24.8 Å². The first-order chi connectivity index (χ1) is 15.9. The van der Waals surface area contributed by atoms with Crippen LogP contribution in [0.1, 0.15) is 15.9 Å². The number of imidazole rings is 1. The van der Waals surface area contributed by atoms with Crippen molar-refractivity contribution in [3.8, 4) is 0 Å².